The molecule has 0 aromatic heterocycles. The fourth-order valence-corrected chi connectivity index (χ4v) is 2.79. The fraction of sp³-hybridized carbons (Fsp3) is 0.222. The largest absolute Gasteiger partial charge is 0.507 e. The van der Waals surface area contributed by atoms with E-state index in [4.69, 9.17) is 4.74 Å². The van der Waals surface area contributed by atoms with Crippen LogP contribution >= 0.6 is 0 Å². The lowest BCUT2D eigenvalue weighted by Gasteiger charge is -2.20. The lowest BCUT2D eigenvalue weighted by Crippen LogP contribution is -2.24. The molecule has 0 fully saturated rings. The van der Waals surface area contributed by atoms with Gasteiger partial charge in [-0.15, -0.1) is 0 Å². The molecule has 5 heteroatoms. The highest BCUT2D eigenvalue weighted by atomic mass is 16.5. The first-order valence-corrected chi connectivity index (χ1v) is 7.39. The molecule has 1 unspecified atom stereocenters. The second-order valence-electron chi connectivity index (χ2n) is 5.42. The summed E-state index contributed by atoms with van der Waals surface area (Å²) < 4.78 is 5.26. The molecule has 5 nitrogen and oxygen atoms in total. The predicted octanol–water partition coefficient (Wildman–Crippen LogP) is 3.10. The average molecular weight is 310 g/mol. The number of amides is 1. The number of benzene rings is 2. The number of hydrogen-bond acceptors (Lipinski definition) is 4. The second-order valence-corrected chi connectivity index (χ2v) is 5.42. The fourth-order valence-electron chi connectivity index (χ4n) is 2.79. The van der Waals surface area contributed by atoms with E-state index in [0.29, 0.717) is 17.7 Å². The Kier molecular flexibility index (Phi) is 4.02. The molecular weight excluding hydrogens is 292 g/mol. The third-order valence-corrected chi connectivity index (χ3v) is 3.93. The summed E-state index contributed by atoms with van der Waals surface area (Å²) in [4.78, 5) is 12.0. The summed E-state index contributed by atoms with van der Waals surface area (Å²) in [6, 6.07) is 14.4. The van der Waals surface area contributed by atoms with Gasteiger partial charge in [0.15, 0.2) is 0 Å². The summed E-state index contributed by atoms with van der Waals surface area (Å²) in [7, 11) is 1.61. The predicted molar refractivity (Wildman–Crippen MR) is 87.5 cm³/mol. The van der Waals surface area contributed by atoms with E-state index in [1.165, 1.54) is 11.9 Å². The number of methoxy groups -OCH3 is 1. The maximum Gasteiger partial charge on any atom is 0.240 e. The van der Waals surface area contributed by atoms with Crippen molar-refractivity contribution in [3.8, 4) is 11.5 Å². The number of aromatic hydroxyl groups is 1. The lowest BCUT2D eigenvalue weighted by atomic mass is 9.98. The first kappa shape index (κ1) is 15.1. The van der Waals surface area contributed by atoms with Crippen LogP contribution in [0, 0.1) is 0 Å². The molecule has 1 atom stereocenters. The Morgan fingerprint density at radius 2 is 2.04 bits per heavy atom. The molecule has 0 bridgehead atoms. The van der Waals surface area contributed by atoms with Crippen LogP contribution in [0.15, 0.2) is 53.6 Å². The van der Waals surface area contributed by atoms with E-state index in [-0.39, 0.29) is 17.7 Å². The van der Waals surface area contributed by atoms with Crippen molar-refractivity contribution in [2.24, 2.45) is 5.10 Å². The van der Waals surface area contributed by atoms with Gasteiger partial charge in [-0.2, -0.15) is 5.10 Å². The van der Waals surface area contributed by atoms with Crippen LogP contribution in [0.25, 0.3) is 0 Å². The molecule has 2 aromatic rings. The smallest absolute Gasteiger partial charge is 0.240 e. The third-order valence-electron chi connectivity index (χ3n) is 3.93. The van der Waals surface area contributed by atoms with Crippen LogP contribution in [0.3, 0.4) is 0 Å². The highest BCUT2D eigenvalue weighted by Crippen LogP contribution is 2.35. The van der Waals surface area contributed by atoms with Gasteiger partial charge in [0.2, 0.25) is 5.91 Å². The molecule has 2 aromatic carbocycles. The number of rotatable bonds is 3. The van der Waals surface area contributed by atoms with Crippen molar-refractivity contribution < 1.29 is 14.6 Å². The number of carbonyl (C=O) groups excluding carboxylic acids is 1. The van der Waals surface area contributed by atoms with E-state index in [9.17, 15) is 9.90 Å². The summed E-state index contributed by atoms with van der Waals surface area (Å²) >= 11 is 0. The zero-order chi connectivity index (χ0) is 16.4. The van der Waals surface area contributed by atoms with E-state index in [2.05, 4.69) is 5.10 Å². The van der Waals surface area contributed by atoms with Gasteiger partial charge in [-0.25, -0.2) is 5.01 Å². The number of phenolic OH excluding ortho intramolecular Hbond substituents is 1. The molecule has 1 N–H and O–H groups in total. The van der Waals surface area contributed by atoms with Crippen LogP contribution in [-0.2, 0) is 4.79 Å². The maximum atomic E-state index is 12.0. The van der Waals surface area contributed by atoms with Gasteiger partial charge in [0, 0.05) is 18.9 Å². The third kappa shape index (κ3) is 2.90. The number of ether oxygens (including phenoxy) is 1. The standard InChI is InChI=1S/C18H18N2O3/c1-12(21)20-17(13-6-5-7-14(10-13)23-2)11-16(19-20)15-8-3-4-9-18(15)22/h3-10,17,22H,11H2,1-2H3. The summed E-state index contributed by atoms with van der Waals surface area (Å²) in [5.74, 6) is 0.770. The molecule has 1 aliphatic heterocycles. The Labute approximate surface area is 134 Å². The summed E-state index contributed by atoms with van der Waals surface area (Å²) in [6.07, 6.45) is 0.546. The molecule has 0 saturated carbocycles. The van der Waals surface area contributed by atoms with Gasteiger partial charge in [0.25, 0.3) is 0 Å². The van der Waals surface area contributed by atoms with Crippen molar-refractivity contribution in [1.29, 1.82) is 0 Å². The molecule has 0 radical (unpaired) electrons. The first-order valence-electron chi connectivity index (χ1n) is 7.39. The Bertz CT molecular complexity index is 770. The minimum atomic E-state index is -0.197. The van der Waals surface area contributed by atoms with Crippen LogP contribution in [0.5, 0.6) is 11.5 Å². The number of carbonyl (C=O) groups is 1. The number of nitrogens with zero attached hydrogens (tertiary/aromatic N) is 2. The molecule has 3 rings (SSSR count). The van der Waals surface area contributed by atoms with Crippen LogP contribution in [0.2, 0.25) is 0 Å². The van der Waals surface area contributed by atoms with E-state index in [0.717, 1.165) is 11.3 Å². The minimum absolute atomic E-state index is 0.136. The van der Waals surface area contributed by atoms with E-state index in [1.54, 1.807) is 25.3 Å². The molecule has 23 heavy (non-hydrogen) atoms. The molecule has 0 spiro atoms. The SMILES string of the molecule is COc1cccc(C2CC(c3ccccc3O)=NN2C(C)=O)c1. The zero-order valence-electron chi connectivity index (χ0n) is 13.1. The second kappa shape index (κ2) is 6.12. The van der Waals surface area contributed by atoms with Gasteiger partial charge in [-0.1, -0.05) is 24.3 Å². The van der Waals surface area contributed by atoms with Gasteiger partial charge in [0.1, 0.15) is 11.5 Å². The van der Waals surface area contributed by atoms with Crippen molar-refractivity contribution in [1.82, 2.24) is 5.01 Å². The van der Waals surface area contributed by atoms with Crippen LogP contribution < -0.4 is 4.74 Å². The lowest BCUT2D eigenvalue weighted by molar-refractivity contribution is -0.130. The Morgan fingerprint density at radius 1 is 1.26 bits per heavy atom. The zero-order valence-corrected chi connectivity index (χ0v) is 13.1. The Balaban J connectivity index is 1.97. The highest BCUT2D eigenvalue weighted by molar-refractivity contribution is 6.05. The van der Waals surface area contributed by atoms with Crippen molar-refractivity contribution >= 4 is 11.6 Å². The molecule has 118 valence electrons. The molecule has 1 aliphatic rings. The van der Waals surface area contributed by atoms with Crippen LogP contribution in [0.1, 0.15) is 30.5 Å². The van der Waals surface area contributed by atoms with Crippen molar-refractivity contribution in [3.63, 3.8) is 0 Å². The van der Waals surface area contributed by atoms with E-state index < -0.39 is 0 Å². The number of hydrazone groups is 1. The summed E-state index contributed by atoms with van der Waals surface area (Å²) in [5, 5.41) is 15.9. The first-order chi connectivity index (χ1) is 11.1. The van der Waals surface area contributed by atoms with Crippen LogP contribution in [-0.4, -0.2) is 28.8 Å². The van der Waals surface area contributed by atoms with E-state index in [1.807, 2.05) is 30.3 Å². The van der Waals surface area contributed by atoms with Gasteiger partial charge in [-0.3, -0.25) is 4.79 Å². The van der Waals surface area contributed by atoms with Crippen molar-refractivity contribution in [2.45, 2.75) is 19.4 Å². The summed E-state index contributed by atoms with van der Waals surface area (Å²) in [6.45, 7) is 1.49. The quantitative estimate of drug-likeness (QED) is 0.947. The molecule has 1 amide bonds. The number of para-hydroxylation sites is 1. The Hall–Kier alpha value is -2.82. The molecule has 0 saturated heterocycles. The van der Waals surface area contributed by atoms with Gasteiger partial charge >= 0.3 is 0 Å². The topological polar surface area (TPSA) is 62.1 Å². The monoisotopic (exact) mass is 310 g/mol. The van der Waals surface area contributed by atoms with Crippen molar-refractivity contribution in [3.05, 3.63) is 59.7 Å². The maximum absolute atomic E-state index is 12.0. The van der Waals surface area contributed by atoms with Gasteiger partial charge < -0.3 is 9.84 Å². The molecular formula is C18H18N2O3. The normalized spacial score (nSPS) is 17.0. The van der Waals surface area contributed by atoms with Gasteiger partial charge in [-0.05, 0) is 29.8 Å². The highest BCUT2D eigenvalue weighted by Gasteiger charge is 2.32. The molecule has 0 aliphatic carbocycles. The van der Waals surface area contributed by atoms with E-state index >= 15 is 0 Å². The number of phenols is 1. The Morgan fingerprint density at radius 3 is 2.74 bits per heavy atom. The minimum Gasteiger partial charge on any atom is -0.507 e. The van der Waals surface area contributed by atoms with Crippen molar-refractivity contribution in [2.75, 3.05) is 7.11 Å². The van der Waals surface area contributed by atoms with Gasteiger partial charge in [0.05, 0.1) is 18.9 Å². The summed E-state index contributed by atoms with van der Waals surface area (Å²) in [5.41, 5.74) is 2.31. The van der Waals surface area contributed by atoms with Crippen LogP contribution in [0.4, 0.5) is 0 Å². The number of hydrogen-bond donors (Lipinski definition) is 1. The molecule has 1 heterocycles. The average Bonchev–Trinajstić information content (AvgIpc) is 3.01.